The Balaban J connectivity index is 0.00000145. The fourth-order valence-corrected chi connectivity index (χ4v) is 5.66. The molecule has 0 spiro atoms. The minimum atomic E-state index is -2.12. The number of aryl methyl sites for hydroxylation is 1. The van der Waals surface area contributed by atoms with Gasteiger partial charge in [-0.2, -0.15) is 0 Å². The maximum absolute atomic E-state index is 13.6. The third-order valence-electron chi connectivity index (χ3n) is 7.16. The Morgan fingerprint density at radius 1 is 1.00 bits per heavy atom. The van der Waals surface area contributed by atoms with Crippen LogP contribution in [0, 0.1) is 5.82 Å². The molecule has 5 nitrogen and oxygen atoms in total. The van der Waals surface area contributed by atoms with Gasteiger partial charge in [0.25, 0.3) is 9.70 Å². The number of amides is 1. The maximum atomic E-state index is 13.6. The highest BCUT2D eigenvalue weighted by atomic mass is 35.6. The molecule has 3 aromatic rings. The lowest BCUT2D eigenvalue weighted by Gasteiger charge is -2.38. The number of hydrogen-bond acceptors (Lipinski definition) is 3. The largest absolute Gasteiger partial charge is 0.508 e. The Morgan fingerprint density at radius 3 is 2.28 bits per heavy atom. The number of aromatic hydroxyl groups is 1. The van der Waals surface area contributed by atoms with Gasteiger partial charge < -0.3 is 20.6 Å². The fraction of sp³-hybridized carbons (Fsp3) is 0.405. The lowest BCUT2D eigenvalue weighted by atomic mass is 9.79. The zero-order valence-electron chi connectivity index (χ0n) is 27.7. The predicted molar refractivity (Wildman–Crippen MR) is 201 cm³/mol. The minimum absolute atomic E-state index is 0.243. The molecular formula is C37H47Cl3FN3O2S. The number of benzene rings is 3. The third-order valence-corrected chi connectivity index (χ3v) is 8.04. The number of nitrogens with one attached hydrogen (secondary N) is 2. The van der Waals surface area contributed by atoms with Crippen LogP contribution in [0.1, 0.15) is 70.9 Å². The summed E-state index contributed by atoms with van der Waals surface area (Å²) >= 11 is 23.7. The number of alkyl halides is 3. The van der Waals surface area contributed by atoms with Crippen molar-refractivity contribution >= 4 is 63.7 Å². The molecule has 0 saturated carbocycles. The number of rotatable bonds is 10. The van der Waals surface area contributed by atoms with Crippen LogP contribution in [0.3, 0.4) is 0 Å². The summed E-state index contributed by atoms with van der Waals surface area (Å²) in [6, 6.07) is 23.2. The highest BCUT2D eigenvalue weighted by Gasteiger charge is 2.39. The Morgan fingerprint density at radius 2 is 1.66 bits per heavy atom. The van der Waals surface area contributed by atoms with E-state index in [0.717, 1.165) is 48.1 Å². The van der Waals surface area contributed by atoms with Gasteiger partial charge in [-0.25, -0.2) is 4.39 Å². The molecule has 1 unspecified atom stereocenters. The number of phenolic OH excluding ortho intramolecular Hbond substituents is 1. The van der Waals surface area contributed by atoms with Crippen LogP contribution in [0.25, 0.3) is 0 Å². The van der Waals surface area contributed by atoms with Crippen molar-refractivity contribution in [1.29, 1.82) is 0 Å². The number of para-hydroxylation sites is 1. The van der Waals surface area contributed by atoms with Gasteiger partial charge in [-0.1, -0.05) is 123 Å². The lowest BCUT2D eigenvalue weighted by Crippen LogP contribution is -2.53. The van der Waals surface area contributed by atoms with Crippen molar-refractivity contribution in [2.24, 2.45) is 0 Å². The molecule has 0 saturated heterocycles. The zero-order chi connectivity index (χ0) is 34.9. The Bertz CT molecular complexity index is 1420. The Kier molecular flexibility index (Phi) is 17.6. The molecule has 1 atom stereocenters. The van der Waals surface area contributed by atoms with Crippen molar-refractivity contribution < 1.29 is 14.3 Å². The number of nitrogens with zero attached hydrogens (tertiary/aromatic N) is 1. The molecule has 3 aromatic carbocycles. The average molecular weight is 723 g/mol. The maximum Gasteiger partial charge on any atom is 0.272 e. The van der Waals surface area contributed by atoms with Gasteiger partial charge in [-0.05, 0) is 98.3 Å². The van der Waals surface area contributed by atoms with Crippen molar-refractivity contribution in [2.45, 2.75) is 82.0 Å². The molecule has 0 radical (unpaired) electrons. The second-order valence-electron chi connectivity index (χ2n) is 11.3. The number of hydrogen-bond donors (Lipinski definition) is 3. The van der Waals surface area contributed by atoms with Gasteiger partial charge in [0, 0.05) is 18.8 Å². The number of halogens is 4. The van der Waals surface area contributed by atoms with Crippen molar-refractivity contribution in [3.8, 4) is 5.75 Å². The average Bonchev–Trinajstić information content (AvgIpc) is 3.03. The Hall–Kier alpha value is -2.84. The lowest BCUT2D eigenvalue weighted by molar-refractivity contribution is -0.121. The first-order valence-electron chi connectivity index (χ1n) is 16.2. The van der Waals surface area contributed by atoms with Gasteiger partial charge in [0.1, 0.15) is 11.6 Å². The normalized spacial score (nSPS) is 15.5. The van der Waals surface area contributed by atoms with Gasteiger partial charge in [-0.15, -0.1) is 0 Å². The van der Waals surface area contributed by atoms with Crippen molar-refractivity contribution in [1.82, 2.24) is 10.2 Å². The SMILES string of the molecule is CC.CCC.O=C(NC1(Cc2ccc(F)cc2)C=C(CN(CCCc2cccc(O)c2)C(=S)Nc2ccccc2)CCC1)C(Cl)(Cl)Cl. The summed E-state index contributed by atoms with van der Waals surface area (Å²) in [6.07, 6.45) is 7.53. The second kappa shape index (κ2) is 20.5. The summed E-state index contributed by atoms with van der Waals surface area (Å²) in [4.78, 5) is 15.0. The van der Waals surface area contributed by atoms with Crippen LogP contribution in [-0.2, 0) is 17.6 Å². The van der Waals surface area contributed by atoms with Gasteiger partial charge in [0.2, 0.25) is 0 Å². The van der Waals surface area contributed by atoms with Crippen LogP contribution in [-0.4, -0.2) is 43.4 Å². The third kappa shape index (κ3) is 14.4. The van der Waals surface area contributed by atoms with Crippen LogP contribution < -0.4 is 10.6 Å². The molecule has 3 N–H and O–H groups in total. The highest BCUT2D eigenvalue weighted by Crippen LogP contribution is 2.34. The number of phenols is 1. The number of carbonyl (C=O) groups is 1. The van der Waals surface area contributed by atoms with Crippen molar-refractivity contribution in [3.63, 3.8) is 0 Å². The zero-order valence-corrected chi connectivity index (χ0v) is 30.8. The van der Waals surface area contributed by atoms with E-state index in [4.69, 9.17) is 47.0 Å². The van der Waals surface area contributed by atoms with E-state index >= 15 is 0 Å². The molecule has 47 heavy (non-hydrogen) atoms. The van der Waals surface area contributed by atoms with E-state index in [1.54, 1.807) is 24.3 Å². The molecule has 0 aliphatic heterocycles. The first-order valence-corrected chi connectivity index (χ1v) is 17.7. The molecular weight excluding hydrogens is 676 g/mol. The van der Waals surface area contributed by atoms with Gasteiger partial charge in [0.05, 0.1) is 5.54 Å². The van der Waals surface area contributed by atoms with Crippen LogP contribution in [0.15, 0.2) is 90.5 Å². The molecule has 0 heterocycles. The summed E-state index contributed by atoms with van der Waals surface area (Å²) < 4.78 is 11.5. The van der Waals surface area contributed by atoms with Crippen molar-refractivity contribution in [3.05, 3.63) is 107 Å². The van der Waals surface area contributed by atoms with Gasteiger partial charge >= 0.3 is 0 Å². The highest BCUT2D eigenvalue weighted by molar-refractivity contribution is 7.80. The van der Waals surface area contributed by atoms with Gasteiger partial charge in [0.15, 0.2) is 5.11 Å². The van der Waals surface area contributed by atoms with Gasteiger partial charge in [-0.3, -0.25) is 4.79 Å². The summed E-state index contributed by atoms with van der Waals surface area (Å²) in [7, 11) is 0. The van der Waals surface area contributed by atoms with Crippen molar-refractivity contribution in [2.75, 3.05) is 18.4 Å². The van der Waals surface area contributed by atoms with Crippen LogP contribution in [0.5, 0.6) is 5.75 Å². The summed E-state index contributed by atoms with van der Waals surface area (Å²) in [5.74, 6) is -0.803. The number of thiocarbonyl (C=S) groups is 1. The monoisotopic (exact) mass is 721 g/mol. The van der Waals surface area contributed by atoms with E-state index < -0.39 is 15.2 Å². The standard InChI is InChI=1S/C32H33Cl3FN3O2S.C3H8.C2H6/c33-32(34,35)29(41)38-31(20-24-13-15-26(36)16-14-24)17-5-8-25(21-31)22-39(30(42)37-27-10-2-1-3-11-27)18-6-9-23-7-4-12-28(40)19-23;1-3-2;1-2/h1-4,7,10-16,19,21,40H,5-6,8-9,17-18,20,22H2,(H,37,42)(H,38,41);3H2,1-2H3;1-2H3. The Labute approximate surface area is 300 Å². The van der Waals surface area contributed by atoms with Crippen LogP contribution >= 0.6 is 47.0 Å². The molecule has 4 rings (SSSR count). The molecule has 0 fully saturated rings. The van der Waals surface area contributed by atoms with Crippen LogP contribution in [0.4, 0.5) is 10.1 Å². The minimum Gasteiger partial charge on any atom is -0.508 e. The van der Waals surface area contributed by atoms with E-state index in [2.05, 4.69) is 35.5 Å². The van der Waals surface area contributed by atoms with Crippen LogP contribution in [0.2, 0.25) is 0 Å². The molecule has 10 heteroatoms. The quantitative estimate of drug-likeness (QED) is 0.110. The second-order valence-corrected chi connectivity index (χ2v) is 13.9. The topological polar surface area (TPSA) is 64.6 Å². The number of anilines is 1. The smallest absolute Gasteiger partial charge is 0.272 e. The predicted octanol–water partition coefficient (Wildman–Crippen LogP) is 10.2. The van der Waals surface area contributed by atoms with E-state index in [0.29, 0.717) is 31.0 Å². The number of carbonyl (C=O) groups excluding carboxylic acids is 1. The molecule has 0 aromatic heterocycles. The van der Waals surface area contributed by atoms with E-state index in [1.807, 2.05) is 56.3 Å². The first-order chi connectivity index (χ1) is 22.4. The summed E-state index contributed by atoms with van der Waals surface area (Å²) in [6.45, 7) is 9.45. The molecule has 0 bridgehead atoms. The summed E-state index contributed by atoms with van der Waals surface area (Å²) in [5.41, 5.74) is 3.04. The molecule has 1 aliphatic carbocycles. The summed E-state index contributed by atoms with van der Waals surface area (Å²) in [5, 5.41) is 16.8. The van der Waals surface area contributed by atoms with E-state index in [-0.39, 0.29) is 11.6 Å². The first kappa shape index (κ1) is 40.3. The van der Waals surface area contributed by atoms with E-state index in [9.17, 15) is 14.3 Å². The molecule has 1 aliphatic rings. The fourth-order valence-electron chi connectivity index (χ4n) is 5.24. The molecule has 256 valence electrons. The van der Waals surface area contributed by atoms with E-state index in [1.165, 1.54) is 18.6 Å². The molecule has 1 amide bonds.